The van der Waals surface area contributed by atoms with E-state index in [1.165, 1.54) is 12.8 Å². The summed E-state index contributed by atoms with van der Waals surface area (Å²) in [7, 11) is 2.03. The monoisotopic (exact) mass is 203 g/mol. The fourth-order valence-corrected chi connectivity index (χ4v) is 1.78. The van der Waals surface area contributed by atoms with Gasteiger partial charge in [0, 0.05) is 11.6 Å². The summed E-state index contributed by atoms with van der Waals surface area (Å²) in [5.74, 6) is 0.230. The number of hydrogen-bond acceptors (Lipinski definition) is 2. The predicted molar refractivity (Wildman–Crippen MR) is 61.2 cm³/mol. The lowest BCUT2D eigenvalue weighted by atomic mass is 10.1. The van der Waals surface area contributed by atoms with E-state index in [1.807, 2.05) is 38.2 Å². The van der Waals surface area contributed by atoms with Crippen molar-refractivity contribution in [1.82, 2.24) is 4.90 Å². The summed E-state index contributed by atoms with van der Waals surface area (Å²) >= 11 is 0. The molecule has 0 atom stereocenters. The van der Waals surface area contributed by atoms with Crippen LogP contribution in [0.2, 0.25) is 0 Å². The van der Waals surface area contributed by atoms with Crippen molar-refractivity contribution in [2.24, 2.45) is 0 Å². The van der Waals surface area contributed by atoms with E-state index in [0.29, 0.717) is 12.6 Å². The first-order valence-corrected chi connectivity index (χ1v) is 5.47. The molecule has 0 radical (unpaired) electrons. The minimum absolute atomic E-state index is 0.230. The number of ketones is 1. The van der Waals surface area contributed by atoms with Crippen molar-refractivity contribution in [1.29, 1.82) is 0 Å². The highest BCUT2D eigenvalue weighted by atomic mass is 16.1. The Hall–Kier alpha value is -1.15. The van der Waals surface area contributed by atoms with Crippen LogP contribution in [-0.4, -0.2) is 30.3 Å². The van der Waals surface area contributed by atoms with Gasteiger partial charge in [-0.1, -0.05) is 23.8 Å². The average Bonchev–Trinajstić information content (AvgIpc) is 3.00. The van der Waals surface area contributed by atoms with Crippen LogP contribution in [-0.2, 0) is 0 Å². The molecule has 0 N–H and O–H groups in total. The van der Waals surface area contributed by atoms with Crippen molar-refractivity contribution < 1.29 is 4.79 Å². The molecule has 1 saturated carbocycles. The van der Waals surface area contributed by atoms with Crippen LogP contribution in [0, 0.1) is 6.92 Å². The molecule has 2 nitrogen and oxygen atoms in total. The summed E-state index contributed by atoms with van der Waals surface area (Å²) < 4.78 is 0. The molecule has 15 heavy (non-hydrogen) atoms. The van der Waals surface area contributed by atoms with E-state index in [4.69, 9.17) is 0 Å². The van der Waals surface area contributed by atoms with Gasteiger partial charge in [0.25, 0.3) is 0 Å². The molecular weight excluding hydrogens is 186 g/mol. The quantitative estimate of drug-likeness (QED) is 0.700. The van der Waals surface area contributed by atoms with Crippen LogP contribution in [0.1, 0.15) is 28.8 Å². The zero-order chi connectivity index (χ0) is 10.8. The van der Waals surface area contributed by atoms with Crippen LogP contribution in [0.15, 0.2) is 24.3 Å². The highest BCUT2D eigenvalue weighted by Crippen LogP contribution is 2.25. The fraction of sp³-hybridized carbons (Fsp3) is 0.462. The Morgan fingerprint density at radius 3 is 2.80 bits per heavy atom. The minimum atomic E-state index is 0.230. The molecule has 1 aliphatic carbocycles. The number of Topliss-reactive ketones (excluding diaryl/α,β-unsaturated/α-hetero) is 1. The van der Waals surface area contributed by atoms with E-state index in [2.05, 4.69) is 4.90 Å². The molecule has 0 heterocycles. The van der Waals surface area contributed by atoms with Crippen LogP contribution >= 0.6 is 0 Å². The summed E-state index contributed by atoms with van der Waals surface area (Å²) in [6.45, 7) is 2.56. The first kappa shape index (κ1) is 10.4. The third-order valence-electron chi connectivity index (χ3n) is 2.90. The fourth-order valence-electron chi connectivity index (χ4n) is 1.78. The molecule has 80 valence electrons. The Labute approximate surface area is 90.9 Å². The van der Waals surface area contributed by atoms with Gasteiger partial charge in [-0.3, -0.25) is 9.69 Å². The number of benzene rings is 1. The summed E-state index contributed by atoms with van der Waals surface area (Å²) in [6.07, 6.45) is 2.50. The van der Waals surface area contributed by atoms with Crippen molar-refractivity contribution in [2.45, 2.75) is 25.8 Å². The third-order valence-corrected chi connectivity index (χ3v) is 2.90. The van der Waals surface area contributed by atoms with Gasteiger partial charge in [-0.25, -0.2) is 0 Å². The Kier molecular flexibility index (Phi) is 2.87. The molecule has 1 fully saturated rings. The molecule has 0 saturated heterocycles. The van der Waals surface area contributed by atoms with Crippen molar-refractivity contribution in [3.05, 3.63) is 35.4 Å². The lowest BCUT2D eigenvalue weighted by Crippen LogP contribution is -2.27. The molecule has 0 unspecified atom stereocenters. The van der Waals surface area contributed by atoms with E-state index in [0.717, 1.165) is 11.1 Å². The molecule has 0 bridgehead atoms. The first-order valence-electron chi connectivity index (χ1n) is 5.47. The number of rotatable bonds is 4. The van der Waals surface area contributed by atoms with Crippen molar-refractivity contribution in [2.75, 3.05) is 13.6 Å². The van der Waals surface area contributed by atoms with Gasteiger partial charge in [0.1, 0.15) is 0 Å². The Morgan fingerprint density at radius 1 is 1.47 bits per heavy atom. The van der Waals surface area contributed by atoms with Crippen molar-refractivity contribution >= 4 is 5.78 Å². The van der Waals surface area contributed by atoms with Gasteiger partial charge in [-0.15, -0.1) is 0 Å². The molecule has 0 aliphatic heterocycles. The van der Waals surface area contributed by atoms with E-state index < -0.39 is 0 Å². The highest BCUT2D eigenvalue weighted by molar-refractivity contribution is 5.97. The second kappa shape index (κ2) is 4.15. The lowest BCUT2D eigenvalue weighted by molar-refractivity contribution is 0.0942. The van der Waals surface area contributed by atoms with E-state index in [-0.39, 0.29) is 5.78 Å². The zero-order valence-electron chi connectivity index (χ0n) is 9.36. The SMILES string of the molecule is Cc1cccc(C(=O)CN(C)C2CC2)c1. The van der Waals surface area contributed by atoms with Crippen LogP contribution in [0.5, 0.6) is 0 Å². The first-order chi connectivity index (χ1) is 7.16. The number of carbonyl (C=O) groups excluding carboxylic acids is 1. The normalized spacial score (nSPS) is 15.7. The maximum Gasteiger partial charge on any atom is 0.176 e. The Bertz CT molecular complexity index is 369. The average molecular weight is 203 g/mol. The minimum Gasteiger partial charge on any atom is -0.296 e. The topological polar surface area (TPSA) is 20.3 Å². The second-order valence-electron chi connectivity index (χ2n) is 4.44. The van der Waals surface area contributed by atoms with Crippen LogP contribution < -0.4 is 0 Å². The molecule has 0 aromatic heterocycles. The van der Waals surface area contributed by atoms with Gasteiger partial charge in [0.15, 0.2) is 5.78 Å². The van der Waals surface area contributed by atoms with Crippen LogP contribution in [0.4, 0.5) is 0 Å². The summed E-state index contributed by atoms with van der Waals surface area (Å²) in [5.41, 5.74) is 1.98. The highest BCUT2D eigenvalue weighted by Gasteiger charge is 2.27. The zero-order valence-corrected chi connectivity index (χ0v) is 9.36. The summed E-state index contributed by atoms with van der Waals surface area (Å²) in [6, 6.07) is 8.47. The molecule has 1 aromatic rings. The van der Waals surface area contributed by atoms with Gasteiger partial charge < -0.3 is 0 Å². The van der Waals surface area contributed by atoms with E-state index >= 15 is 0 Å². The number of nitrogens with zero attached hydrogens (tertiary/aromatic N) is 1. The van der Waals surface area contributed by atoms with Gasteiger partial charge in [0.2, 0.25) is 0 Å². The molecule has 2 rings (SSSR count). The molecule has 0 spiro atoms. The standard InChI is InChI=1S/C13H17NO/c1-10-4-3-5-11(8-10)13(15)9-14(2)12-6-7-12/h3-5,8,12H,6-7,9H2,1-2H3. The van der Waals surface area contributed by atoms with Gasteiger partial charge >= 0.3 is 0 Å². The Balaban J connectivity index is 2.00. The maximum absolute atomic E-state index is 11.9. The third kappa shape index (κ3) is 2.66. The van der Waals surface area contributed by atoms with Gasteiger partial charge in [0.05, 0.1) is 6.54 Å². The maximum atomic E-state index is 11.9. The van der Waals surface area contributed by atoms with Crippen LogP contribution in [0.3, 0.4) is 0 Å². The Morgan fingerprint density at radius 2 is 2.20 bits per heavy atom. The summed E-state index contributed by atoms with van der Waals surface area (Å²) in [5, 5.41) is 0. The molecule has 1 aliphatic rings. The molecule has 2 heteroatoms. The molecular formula is C13H17NO. The van der Waals surface area contributed by atoms with Gasteiger partial charge in [-0.2, -0.15) is 0 Å². The molecule has 1 aromatic carbocycles. The lowest BCUT2D eigenvalue weighted by Gasteiger charge is -2.14. The number of carbonyl (C=O) groups is 1. The van der Waals surface area contributed by atoms with Crippen molar-refractivity contribution in [3.63, 3.8) is 0 Å². The number of likely N-dealkylation sites (N-methyl/N-ethyl adjacent to an activating group) is 1. The van der Waals surface area contributed by atoms with Crippen molar-refractivity contribution in [3.8, 4) is 0 Å². The number of aryl methyl sites for hydroxylation is 1. The summed E-state index contributed by atoms with van der Waals surface area (Å²) in [4.78, 5) is 14.1. The molecule has 0 amide bonds. The van der Waals surface area contributed by atoms with E-state index in [1.54, 1.807) is 0 Å². The van der Waals surface area contributed by atoms with Gasteiger partial charge in [-0.05, 0) is 32.9 Å². The number of hydrogen-bond donors (Lipinski definition) is 0. The second-order valence-corrected chi connectivity index (χ2v) is 4.44. The van der Waals surface area contributed by atoms with E-state index in [9.17, 15) is 4.79 Å². The predicted octanol–water partition coefficient (Wildman–Crippen LogP) is 2.27. The smallest absolute Gasteiger partial charge is 0.176 e. The van der Waals surface area contributed by atoms with Crippen LogP contribution in [0.25, 0.3) is 0 Å². The largest absolute Gasteiger partial charge is 0.296 e.